The molecule has 0 aliphatic carbocycles. The molecule has 1 atom stereocenters. The lowest BCUT2D eigenvalue weighted by molar-refractivity contribution is 0.153. The van der Waals surface area contributed by atoms with Crippen LogP contribution < -0.4 is 0 Å². The molecule has 0 bridgehead atoms. The van der Waals surface area contributed by atoms with Gasteiger partial charge in [-0.1, -0.05) is 23.7 Å². The van der Waals surface area contributed by atoms with Crippen LogP contribution in [0.2, 0.25) is 5.02 Å². The second-order valence-electron chi connectivity index (χ2n) is 4.08. The monoisotopic (exact) mass is 225 g/mol. The highest BCUT2D eigenvalue weighted by atomic mass is 35.5. The molecule has 0 saturated carbocycles. The zero-order chi connectivity index (χ0) is 10.7. The Labute approximate surface area is 95.5 Å². The van der Waals surface area contributed by atoms with E-state index in [9.17, 15) is 5.11 Å². The Kier molecular flexibility index (Phi) is 3.62. The number of halogens is 1. The van der Waals surface area contributed by atoms with E-state index >= 15 is 0 Å². The van der Waals surface area contributed by atoms with Crippen LogP contribution in [0.25, 0.3) is 0 Å². The van der Waals surface area contributed by atoms with Crippen LogP contribution in [-0.4, -0.2) is 29.2 Å². The Morgan fingerprint density at radius 2 is 2.07 bits per heavy atom. The van der Waals surface area contributed by atoms with E-state index in [-0.39, 0.29) is 6.61 Å². The van der Waals surface area contributed by atoms with Gasteiger partial charge in [-0.05, 0) is 37.1 Å². The van der Waals surface area contributed by atoms with E-state index < -0.39 is 0 Å². The molecule has 1 saturated heterocycles. The zero-order valence-corrected chi connectivity index (χ0v) is 9.45. The lowest BCUT2D eigenvalue weighted by atomic mass is 10.2. The maximum atomic E-state index is 9.20. The van der Waals surface area contributed by atoms with Crippen LogP contribution in [0.5, 0.6) is 0 Å². The van der Waals surface area contributed by atoms with Gasteiger partial charge in [0.05, 0.1) is 6.61 Å². The number of hydrogen-bond donors (Lipinski definition) is 1. The molecule has 0 unspecified atom stereocenters. The summed E-state index contributed by atoms with van der Waals surface area (Å²) in [6.07, 6.45) is 2.31. The third kappa shape index (κ3) is 2.71. The van der Waals surface area contributed by atoms with Gasteiger partial charge in [0, 0.05) is 17.6 Å². The number of aliphatic hydroxyl groups excluding tert-OH is 1. The highest BCUT2D eigenvalue weighted by Gasteiger charge is 2.23. The maximum Gasteiger partial charge on any atom is 0.0587 e. The number of nitrogens with zero attached hydrogens (tertiary/aromatic N) is 1. The topological polar surface area (TPSA) is 23.5 Å². The minimum Gasteiger partial charge on any atom is -0.395 e. The number of benzene rings is 1. The summed E-state index contributed by atoms with van der Waals surface area (Å²) in [5, 5.41) is 9.97. The zero-order valence-electron chi connectivity index (χ0n) is 8.69. The number of aliphatic hydroxyl groups is 1. The molecule has 0 amide bonds. The first-order valence-electron chi connectivity index (χ1n) is 5.39. The highest BCUT2D eigenvalue weighted by Crippen LogP contribution is 2.20. The molecule has 2 rings (SSSR count). The van der Waals surface area contributed by atoms with E-state index in [1.807, 2.05) is 12.1 Å². The largest absolute Gasteiger partial charge is 0.395 e. The quantitative estimate of drug-likeness (QED) is 0.854. The van der Waals surface area contributed by atoms with Gasteiger partial charge in [-0.25, -0.2) is 0 Å². The van der Waals surface area contributed by atoms with Crippen molar-refractivity contribution in [2.75, 3.05) is 13.2 Å². The summed E-state index contributed by atoms with van der Waals surface area (Å²) in [7, 11) is 0. The van der Waals surface area contributed by atoms with Crippen molar-refractivity contribution in [2.24, 2.45) is 0 Å². The molecule has 0 aromatic heterocycles. The van der Waals surface area contributed by atoms with Crippen molar-refractivity contribution in [2.45, 2.75) is 25.4 Å². The third-order valence-corrected chi connectivity index (χ3v) is 3.26. The minimum atomic E-state index is 0.271. The van der Waals surface area contributed by atoms with Crippen molar-refractivity contribution in [3.05, 3.63) is 34.9 Å². The number of hydrogen-bond acceptors (Lipinski definition) is 2. The molecule has 1 aliphatic rings. The van der Waals surface area contributed by atoms with Crippen molar-refractivity contribution in [3.8, 4) is 0 Å². The first-order valence-corrected chi connectivity index (χ1v) is 5.77. The van der Waals surface area contributed by atoms with Gasteiger partial charge in [-0.3, -0.25) is 4.90 Å². The van der Waals surface area contributed by atoms with Gasteiger partial charge in [-0.2, -0.15) is 0 Å². The average molecular weight is 226 g/mol. The van der Waals surface area contributed by atoms with E-state index in [2.05, 4.69) is 17.0 Å². The van der Waals surface area contributed by atoms with Gasteiger partial charge < -0.3 is 5.11 Å². The van der Waals surface area contributed by atoms with Crippen LogP contribution in [0.1, 0.15) is 18.4 Å². The predicted molar refractivity (Wildman–Crippen MR) is 62.0 cm³/mol. The summed E-state index contributed by atoms with van der Waals surface area (Å²) in [4.78, 5) is 2.34. The summed E-state index contributed by atoms with van der Waals surface area (Å²) in [5.74, 6) is 0. The fourth-order valence-electron chi connectivity index (χ4n) is 2.13. The molecule has 2 nitrogen and oxygen atoms in total. The van der Waals surface area contributed by atoms with Gasteiger partial charge in [0.2, 0.25) is 0 Å². The van der Waals surface area contributed by atoms with Gasteiger partial charge in [0.25, 0.3) is 0 Å². The Morgan fingerprint density at radius 3 is 2.73 bits per heavy atom. The highest BCUT2D eigenvalue weighted by molar-refractivity contribution is 6.30. The minimum absolute atomic E-state index is 0.271. The Morgan fingerprint density at radius 1 is 1.33 bits per heavy atom. The van der Waals surface area contributed by atoms with Gasteiger partial charge >= 0.3 is 0 Å². The maximum absolute atomic E-state index is 9.20. The second kappa shape index (κ2) is 4.97. The molecule has 1 heterocycles. The van der Waals surface area contributed by atoms with E-state index in [1.165, 1.54) is 12.0 Å². The van der Waals surface area contributed by atoms with Crippen molar-refractivity contribution < 1.29 is 5.11 Å². The van der Waals surface area contributed by atoms with Gasteiger partial charge in [0.1, 0.15) is 0 Å². The number of rotatable bonds is 3. The fraction of sp³-hybridized carbons (Fsp3) is 0.500. The van der Waals surface area contributed by atoms with Crippen molar-refractivity contribution >= 4 is 11.6 Å². The summed E-state index contributed by atoms with van der Waals surface area (Å²) in [5.41, 5.74) is 1.26. The van der Waals surface area contributed by atoms with Crippen LogP contribution in [0.3, 0.4) is 0 Å². The van der Waals surface area contributed by atoms with E-state index in [0.717, 1.165) is 24.5 Å². The molecule has 0 spiro atoms. The Balaban J connectivity index is 1.99. The molecule has 15 heavy (non-hydrogen) atoms. The summed E-state index contributed by atoms with van der Waals surface area (Å²) >= 11 is 5.83. The average Bonchev–Trinajstić information content (AvgIpc) is 2.69. The SMILES string of the molecule is OC[C@@H]1CCCN1Cc1ccc(Cl)cc1. The molecule has 1 aromatic rings. The second-order valence-corrected chi connectivity index (χ2v) is 4.51. The standard InChI is InChI=1S/C12H16ClNO/c13-11-5-3-10(4-6-11)8-14-7-1-2-12(14)9-15/h3-6,12,15H,1-2,7-9H2/t12-/m0/s1. The molecule has 3 heteroatoms. The fourth-order valence-corrected chi connectivity index (χ4v) is 2.26. The molecule has 1 N–H and O–H groups in total. The number of likely N-dealkylation sites (tertiary alicyclic amines) is 1. The van der Waals surface area contributed by atoms with E-state index in [0.29, 0.717) is 6.04 Å². The van der Waals surface area contributed by atoms with E-state index in [1.54, 1.807) is 0 Å². The smallest absolute Gasteiger partial charge is 0.0587 e. The van der Waals surface area contributed by atoms with Crippen molar-refractivity contribution in [1.29, 1.82) is 0 Å². The summed E-state index contributed by atoms with van der Waals surface area (Å²) < 4.78 is 0. The predicted octanol–water partition coefficient (Wildman–Crippen LogP) is 2.30. The Bertz CT molecular complexity index is 312. The first kappa shape index (κ1) is 10.9. The molecule has 1 aromatic carbocycles. The normalized spacial score (nSPS) is 22.1. The molecule has 1 aliphatic heterocycles. The van der Waals surface area contributed by atoms with Crippen LogP contribution in [0.15, 0.2) is 24.3 Å². The summed E-state index contributed by atoms with van der Waals surface area (Å²) in [6.45, 7) is 2.28. The summed E-state index contributed by atoms with van der Waals surface area (Å²) in [6, 6.07) is 8.28. The molecular formula is C12H16ClNO. The van der Waals surface area contributed by atoms with Crippen LogP contribution in [0.4, 0.5) is 0 Å². The first-order chi connectivity index (χ1) is 7.29. The molecular weight excluding hydrogens is 210 g/mol. The third-order valence-electron chi connectivity index (χ3n) is 3.01. The lowest BCUT2D eigenvalue weighted by Crippen LogP contribution is -2.31. The van der Waals surface area contributed by atoms with Crippen LogP contribution in [0, 0.1) is 0 Å². The lowest BCUT2D eigenvalue weighted by Gasteiger charge is -2.22. The van der Waals surface area contributed by atoms with Crippen LogP contribution in [-0.2, 0) is 6.54 Å². The molecule has 1 fully saturated rings. The van der Waals surface area contributed by atoms with Crippen LogP contribution >= 0.6 is 11.6 Å². The van der Waals surface area contributed by atoms with Gasteiger partial charge in [-0.15, -0.1) is 0 Å². The Hall–Kier alpha value is -0.570. The van der Waals surface area contributed by atoms with E-state index in [4.69, 9.17) is 11.6 Å². The van der Waals surface area contributed by atoms with Crippen molar-refractivity contribution in [1.82, 2.24) is 4.90 Å². The van der Waals surface area contributed by atoms with Crippen molar-refractivity contribution in [3.63, 3.8) is 0 Å². The molecule has 82 valence electrons. The molecule has 0 radical (unpaired) electrons. The van der Waals surface area contributed by atoms with Gasteiger partial charge in [0.15, 0.2) is 0 Å².